The fourth-order valence-electron chi connectivity index (χ4n) is 4.62. The highest BCUT2D eigenvalue weighted by molar-refractivity contribution is 5.87. The van der Waals surface area contributed by atoms with E-state index in [9.17, 15) is 5.11 Å². The Kier molecular flexibility index (Phi) is 6.58. The molecule has 2 heteroatoms. The standard InChI is InChI=1S/C30H38O2/c1-17-11-13-24(15-19(17)3)27-21(5)28(25-14-12-18(2)20(4)16-25)29(31)22(6)26(27)23(7)32-30(8,9)10/h11-16,23,31H,1-10H3. The van der Waals surface area contributed by atoms with Crippen LogP contribution in [-0.2, 0) is 4.74 Å². The van der Waals surface area contributed by atoms with Gasteiger partial charge in [0.15, 0.2) is 0 Å². The fourth-order valence-corrected chi connectivity index (χ4v) is 4.62. The minimum absolute atomic E-state index is 0.162. The van der Waals surface area contributed by atoms with Crippen molar-refractivity contribution in [2.24, 2.45) is 0 Å². The van der Waals surface area contributed by atoms with Gasteiger partial charge in [-0.2, -0.15) is 0 Å². The quantitative estimate of drug-likeness (QED) is 0.450. The first-order valence-corrected chi connectivity index (χ1v) is 11.5. The lowest BCUT2D eigenvalue weighted by atomic mass is 9.82. The van der Waals surface area contributed by atoms with Gasteiger partial charge in [0.2, 0.25) is 0 Å². The number of aromatic hydroxyl groups is 1. The van der Waals surface area contributed by atoms with Crippen LogP contribution in [0.15, 0.2) is 36.4 Å². The highest BCUT2D eigenvalue weighted by Gasteiger charge is 2.27. The minimum Gasteiger partial charge on any atom is -0.507 e. The van der Waals surface area contributed by atoms with Gasteiger partial charge in [-0.1, -0.05) is 36.4 Å². The van der Waals surface area contributed by atoms with Crippen molar-refractivity contribution >= 4 is 0 Å². The van der Waals surface area contributed by atoms with Crippen LogP contribution in [0.2, 0.25) is 0 Å². The third kappa shape index (κ3) is 4.61. The number of benzene rings is 3. The maximum atomic E-state index is 11.4. The summed E-state index contributed by atoms with van der Waals surface area (Å²) in [6, 6.07) is 13.1. The van der Waals surface area contributed by atoms with Crippen LogP contribution < -0.4 is 0 Å². The number of aryl methyl sites for hydroxylation is 4. The van der Waals surface area contributed by atoms with Crippen LogP contribution in [0.3, 0.4) is 0 Å². The normalized spacial score (nSPS) is 12.8. The Hall–Kier alpha value is -2.58. The Bertz CT molecular complexity index is 1160. The number of phenols is 1. The molecule has 0 aliphatic carbocycles. The zero-order valence-electron chi connectivity index (χ0n) is 21.4. The Balaban J connectivity index is 2.39. The summed E-state index contributed by atoms with van der Waals surface area (Å²) in [5.41, 5.74) is 12.0. The largest absolute Gasteiger partial charge is 0.507 e. The molecule has 0 fully saturated rings. The molecule has 170 valence electrons. The van der Waals surface area contributed by atoms with Crippen molar-refractivity contribution in [2.45, 2.75) is 80.9 Å². The van der Waals surface area contributed by atoms with Crippen molar-refractivity contribution in [2.75, 3.05) is 0 Å². The third-order valence-electron chi connectivity index (χ3n) is 6.54. The molecule has 0 bridgehead atoms. The monoisotopic (exact) mass is 430 g/mol. The summed E-state index contributed by atoms with van der Waals surface area (Å²) in [4.78, 5) is 0. The molecular weight excluding hydrogens is 392 g/mol. The molecule has 1 N–H and O–H groups in total. The molecule has 0 aliphatic heterocycles. The SMILES string of the molecule is Cc1ccc(-c2c(C)c(-c3ccc(C)c(C)c3)c(C(C)OC(C)(C)C)c(C)c2O)cc1C. The highest BCUT2D eigenvalue weighted by atomic mass is 16.5. The van der Waals surface area contributed by atoms with E-state index in [2.05, 4.69) is 98.7 Å². The van der Waals surface area contributed by atoms with Crippen molar-refractivity contribution in [3.8, 4) is 28.0 Å². The van der Waals surface area contributed by atoms with Crippen molar-refractivity contribution < 1.29 is 9.84 Å². The summed E-state index contributed by atoms with van der Waals surface area (Å²) in [7, 11) is 0. The summed E-state index contributed by atoms with van der Waals surface area (Å²) in [5, 5.41) is 11.4. The Morgan fingerprint density at radius 1 is 0.688 bits per heavy atom. The molecule has 3 aromatic rings. The van der Waals surface area contributed by atoms with E-state index in [-0.39, 0.29) is 11.7 Å². The summed E-state index contributed by atoms with van der Waals surface area (Å²) < 4.78 is 6.40. The van der Waals surface area contributed by atoms with Gasteiger partial charge in [-0.25, -0.2) is 0 Å². The first-order chi connectivity index (χ1) is 14.8. The van der Waals surface area contributed by atoms with Gasteiger partial charge in [0.05, 0.1) is 11.7 Å². The van der Waals surface area contributed by atoms with Crippen LogP contribution in [-0.4, -0.2) is 10.7 Å². The summed E-state index contributed by atoms with van der Waals surface area (Å²) >= 11 is 0. The van der Waals surface area contributed by atoms with Gasteiger partial charge in [-0.05, 0) is 125 Å². The van der Waals surface area contributed by atoms with Crippen LogP contribution in [0.5, 0.6) is 5.75 Å². The Morgan fingerprint density at radius 3 is 1.59 bits per heavy atom. The minimum atomic E-state index is -0.289. The molecule has 3 rings (SSSR count). The van der Waals surface area contributed by atoms with Gasteiger partial charge in [-0.3, -0.25) is 0 Å². The maximum Gasteiger partial charge on any atom is 0.126 e. The van der Waals surface area contributed by atoms with E-state index in [0.29, 0.717) is 5.75 Å². The van der Waals surface area contributed by atoms with Gasteiger partial charge in [0, 0.05) is 5.56 Å². The van der Waals surface area contributed by atoms with E-state index in [1.807, 2.05) is 6.92 Å². The maximum absolute atomic E-state index is 11.4. The first kappa shape index (κ1) is 24.1. The first-order valence-electron chi connectivity index (χ1n) is 11.5. The van der Waals surface area contributed by atoms with Gasteiger partial charge in [0.25, 0.3) is 0 Å². The van der Waals surface area contributed by atoms with E-state index >= 15 is 0 Å². The second-order valence-corrected chi connectivity index (χ2v) is 10.2. The number of ether oxygens (including phenoxy) is 1. The zero-order valence-corrected chi connectivity index (χ0v) is 21.4. The average Bonchev–Trinajstić information content (AvgIpc) is 2.68. The van der Waals surface area contributed by atoms with E-state index in [1.54, 1.807) is 0 Å². The second kappa shape index (κ2) is 8.75. The molecular formula is C30H38O2. The third-order valence-corrected chi connectivity index (χ3v) is 6.54. The van der Waals surface area contributed by atoms with E-state index in [1.165, 1.54) is 22.3 Å². The van der Waals surface area contributed by atoms with Gasteiger partial charge in [0.1, 0.15) is 5.75 Å². The Labute approximate surface area is 194 Å². The second-order valence-electron chi connectivity index (χ2n) is 10.2. The molecule has 3 aromatic carbocycles. The molecule has 0 aliphatic rings. The molecule has 0 saturated heterocycles. The predicted molar refractivity (Wildman–Crippen MR) is 137 cm³/mol. The van der Waals surface area contributed by atoms with Crippen LogP contribution in [0, 0.1) is 41.5 Å². The molecule has 0 spiro atoms. The smallest absolute Gasteiger partial charge is 0.126 e. The lowest BCUT2D eigenvalue weighted by molar-refractivity contribution is -0.0530. The lowest BCUT2D eigenvalue weighted by Crippen LogP contribution is -2.22. The van der Waals surface area contributed by atoms with Gasteiger partial charge >= 0.3 is 0 Å². The molecule has 1 atom stereocenters. The van der Waals surface area contributed by atoms with Crippen LogP contribution in [0.4, 0.5) is 0 Å². The molecule has 0 radical (unpaired) electrons. The molecule has 0 saturated carbocycles. The van der Waals surface area contributed by atoms with Crippen molar-refractivity contribution in [3.63, 3.8) is 0 Å². The summed E-state index contributed by atoms with van der Waals surface area (Å²) in [5.74, 6) is 0.345. The van der Waals surface area contributed by atoms with Crippen molar-refractivity contribution in [3.05, 3.63) is 75.3 Å². The predicted octanol–water partition coefficient (Wildman–Crippen LogP) is 8.45. The zero-order chi connectivity index (χ0) is 24.0. The van der Waals surface area contributed by atoms with Crippen LogP contribution in [0.1, 0.15) is 72.7 Å². The highest BCUT2D eigenvalue weighted by Crippen LogP contribution is 2.47. The van der Waals surface area contributed by atoms with Crippen molar-refractivity contribution in [1.29, 1.82) is 0 Å². The van der Waals surface area contributed by atoms with Crippen molar-refractivity contribution in [1.82, 2.24) is 0 Å². The number of hydrogen-bond donors (Lipinski definition) is 1. The van der Waals surface area contributed by atoms with E-state index < -0.39 is 0 Å². The average molecular weight is 431 g/mol. The Morgan fingerprint density at radius 2 is 1.16 bits per heavy atom. The summed E-state index contributed by atoms with van der Waals surface area (Å²) in [6.45, 7) is 21.0. The number of phenolic OH excluding ortho intramolecular Hbond substituents is 1. The molecule has 0 amide bonds. The number of rotatable bonds is 4. The van der Waals surface area contributed by atoms with E-state index in [0.717, 1.165) is 38.9 Å². The molecule has 32 heavy (non-hydrogen) atoms. The summed E-state index contributed by atoms with van der Waals surface area (Å²) in [6.07, 6.45) is -0.162. The van der Waals surface area contributed by atoms with Crippen LogP contribution in [0.25, 0.3) is 22.3 Å². The lowest BCUT2D eigenvalue weighted by Gasteiger charge is -2.30. The van der Waals surface area contributed by atoms with Gasteiger partial charge in [-0.15, -0.1) is 0 Å². The molecule has 2 nitrogen and oxygen atoms in total. The van der Waals surface area contributed by atoms with E-state index in [4.69, 9.17) is 4.74 Å². The molecule has 0 aromatic heterocycles. The molecule has 1 unspecified atom stereocenters. The topological polar surface area (TPSA) is 29.5 Å². The fraction of sp³-hybridized carbons (Fsp3) is 0.400. The van der Waals surface area contributed by atoms with Crippen LogP contribution >= 0.6 is 0 Å². The number of hydrogen-bond acceptors (Lipinski definition) is 2. The molecule has 0 heterocycles. The van der Waals surface area contributed by atoms with Gasteiger partial charge < -0.3 is 9.84 Å².